The lowest BCUT2D eigenvalue weighted by Crippen LogP contribution is -2.08. The number of rotatable bonds is 5. The second-order valence-electron chi connectivity index (χ2n) is 6.16. The molecule has 0 aliphatic carbocycles. The molecule has 3 rings (SSSR count). The molecule has 0 unspecified atom stereocenters. The molecule has 0 saturated carbocycles. The quantitative estimate of drug-likeness (QED) is 0.690. The third-order valence-electron chi connectivity index (χ3n) is 4.08. The maximum atomic E-state index is 12.8. The van der Waals surface area contributed by atoms with Gasteiger partial charge in [0.1, 0.15) is 4.88 Å². The van der Waals surface area contributed by atoms with Crippen molar-refractivity contribution in [3.63, 3.8) is 0 Å². The fraction of sp³-hybridized carbons (Fsp3) is 0.150. The summed E-state index contributed by atoms with van der Waals surface area (Å²) in [6.45, 7) is 3.69. The minimum absolute atomic E-state index is 0.0682. The summed E-state index contributed by atoms with van der Waals surface area (Å²) in [6, 6.07) is 16.1. The van der Waals surface area contributed by atoms with Crippen LogP contribution < -0.4 is 0 Å². The molecular weight excluding hydrogens is 368 g/mol. The highest BCUT2D eigenvalue weighted by Gasteiger charge is 2.24. The monoisotopic (exact) mass is 386 g/mol. The first-order valence-electron chi connectivity index (χ1n) is 7.99. The lowest BCUT2D eigenvalue weighted by molar-refractivity contribution is 0.0701. The molecule has 0 amide bonds. The van der Waals surface area contributed by atoms with Crippen LogP contribution in [0.25, 0.3) is 10.4 Å². The predicted octanol–water partition coefficient (Wildman–Crippen LogP) is 4.70. The number of thiophene rings is 1. The fourth-order valence-corrected chi connectivity index (χ4v) is 5.59. The van der Waals surface area contributed by atoms with Crippen molar-refractivity contribution in [2.75, 3.05) is 0 Å². The predicted molar refractivity (Wildman–Crippen MR) is 104 cm³/mol. The highest BCUT2D eigenvalue weighted by Crippen LogP contribution is 2.34. The maximum Gasteiger partial charge on any atom is 0.346 e. The highest BCUT2D eigenvalue weighted by atomic mass is 32.2. The molecule has 4 nitrogen and oxygen atoms in total. The van der Waals surface area contributed by atoms with E-state index in [2.05, 4.69) is 0 Å². The van der Waals surface area contributed by atoms with Gasteiger partial charge in [0, 0.05) is 4.88 Å². The van der Waals surface area contributed by atoms with Gasteiger partial charge in [0.05, 0.1) is 10.6 Å². The molecule has 0 atom stereocenters. The molecule has 0 aliphatic heterocycles. The average molecular weight is 386 g/mol. The first-order chi connectivity index (χ1) is 12.3. The molecule has 134 valence electrons. The van der Waals surface area contributed by atoms with E-state index in [-0.39, 0.29) is 15.5 Å². The van der Waals surface area contributed by atoms with E-state index in [1.807, 2.05) is 31.2 Å². The van der Waals surface area contributed by atoms with Crippen LogP contribution >= 0.6 is 11.3 Å². The van der Waals surface area contributed by atoms with E-state index in [1.54, 1.807) is 37.3 Å². The number of aryl methyl sites for hydroxylation is 2. The second kappa shape index (κ2) is 7.05. The summed E-state index contributed by atoms with van der Waals surface area (Å²) >= 11 is 1.11. The zero-order valence-corrected chi connectivity index (χ0v) is 16.0. The number of benzene rings is 2. The molecule has 2 aromatic carbocycles. The van der Waals surface area contributed by atoms with Crippen molar-refractivity contribution in [2.45, 2.75) is 24.5 Å². The summed E-state index contributed by atoms with van der Waals surface area (Å²) in [7, 11) is -3.63. The Balaban J connectivity index is 2.05. The first kappa shape index (κ1) is 18.4. The summed E-state index contributed by atoms with van der Waals surface area (Å²) < 4.78 is 25.6. The number of aromatic carboxylic acids is 1. The van der Waals surface area contributed by atoms with Gasteiger partial charge in [-0.1, -0.05) is 48.0 Å². The molecule has 1 N–H and O–H groups in total. The molecule has 0 radical (unpaired) electrons. The van der Waals surface area contributed by atoms with Gasteiger partial charge in [0.15, 0.2) is 9.84 Å². The van der Waals surface area contributed by atoms with E-state index in [1.165, 1.54) is 0 Å². The van der Waals surface area contributed by atoms with Crippen molar-refractivity contribution in [3.05, 3.63) is 76.2 Å². The normalized spacial score (nSPS) is 11.5. The minimum atomic E-state index is -3.63. The summed E-state index contributed by atoms with van der Waals surface area (Å²) in [6.07, 6.45) is 0. The van der Waals surface area contributed by atoms with E-state index in [4.69, 9.17) is 0 Å². The molecule has 26 heavy (non-hydrogen) atoms. The Morgan fingerprint density at radius 1 is 1.04 bits per heavy atom. The van der Waals surface area contributed by atoms with Crippen LogP contribution in [0.4, 0.5) is 0 Å². The van der Waals surface area contributed by atoms with Gasteiger partial charge in [-0.15, -0.1) is 11.3 Å². The smallest absolute Gasteiger partial charge is 0.346 e. The van der Waals surface area contributed by atoms with Crippen molar-refractivity contribution < 1.29 is 18.3 Å². The Morgan fingerprint density at radius 2 is 1.77 bits per heavy atom. The van der Waals surface area contributed by atoms with Crippen LogP contribution in [0.15, 0.2) is 59.5 Å². The highest BCUT2D eigenvalue weighted by molar-refractivity contribution is 7.90. The molecule has 1 aromatic heterocycles. The molecule has 1 heterocycles. The zero-order chi connectivity index (χ0) is 18.9. The minimum Gasteiger partial charge on any atom is -0.477 e. The molecule has 0 fully saturated rings. The van der Waals surface area contributed by atoms with Crippen molar-refractivity contribution in [1.29, 1.82) is 0 Å². The number of carboxylic acid groups (broad SMARTS) is 1. The third-order valence-corrected chi connectivity index (χ3v) is 7.11. The van der Waals surface area contributed by atoms with E-state index in [9.17, 15) is 18.3 Å². The summed E-state index contributed by atoms with van der Waals surface area (Å²) in [4.78, 5) is 12.7. The molecule has 3 aromatic rings. The number of carboxylic acids is 1. The van der Waals surface area contributed by atoms with Crippen LogP contribution in [-0.2, 0) is 15.6 Å². The van der Waals surface area contributed by atoms with Crippen LogP contribution in [0, 0.1) is 13.8 Å². The van der Waals surface area contributed by atoms with Crippen molar-refractivity contribution >= 4 is 27.1 Å². The van der Waals surface area contributed by atoms with Crippen LogP contribution in [-0.4, -0.2) is 19.5 Å². The lowest BCUT2D eigenvalue weighted by Gasteiger charge is -2.07. The average Bonchev–Trinajstić information content (AvgIpc) is 2.98. The number of hydrogen-bond acceptors (Lipinski definition) is 4. The Morgan fingerprint density at radius 3 is 2.42 bits per heavy atom. The number of carbonyl (C=O) groups is 1. The number of hydrogen-bond donors (Lipinski definition) is 1. The standard InChI is InChI=1S/C20H18O4S2/c1-13-6-5-8-15(10-13)17-11-16(19(25-17)20(21)22)12-26(23,24)18-9-4-3-7-14(18)2/h3-11H,12H2,1-2H3,(H,21,22). The van der Waals surface area contributed by atoms with Gasteiger partial charge in [-0.3, -0.25) is 0 Å². The van der Waals surface area contributed by atoms with Gasteiger partial charge in [0.2, 0.25) is 0 Å². The number of sulfone groups is 1. The SMILES string of the molecule is Cc1cccc(-c2cc(CS(=O)(=O)c3ccccc3C)c(C(=O)O)s2)c1. The maximum absolute atomic E-state index is 12.8. The summed E-state index contributed by atoms with van der Waals surface area (Å²) in [5.74, 6) is -1.44. The molecule has 0 spiro atoms. The molecule has 0 bridgehead atoms. The van der Waals surface area contributed by atoms with Gasteiger partial charge in [-0.05, 0) is 42.7 Å². The van der Waals surface area contributed by atoms with Crippen LogP contribution in [0.1, 0.15) is 26.4 Å². The Labute approximate surface area is 156 Å². The zero-order valence-electron chi connectivity index (χ0n) is 14.4. The van der Waals surface area contributed by atoms with E-state index < -0.39 is 15.8 Å². The van der Waals surface area contributed by atoms with E-state index >= 15 is 0 Å². The molecule has 6 heteroatoms. The molecule has 0 saturated heterocycles. The Bertz CT molecular complexity index is 1080. The summed E-state index contributed by atoms with van der Waals surface area (Å²) in [5, 5.41) is 9.52. The lowest BCUT2D eigenvalue weighted by atomic mass is 10.1. The molecule has 0 aliphatic rings. The Hall–Kier alpha value is -2.44. The van der Waals surface area contributed by atoms with Crippen molar-refractivity contribution in [3.8, 4) is 10.4 Å². The fourth-order valence-electron chi connectivity index (χ4n) is 2.85. The van der Waals surface area contributed by atoms with Gasteiger partial charge in [-0.2, -0.15) is 0 Å². The van der Waals surface area contributed by atoms with Crippen LogP contribution in [0.3, 0.4) is 0 Å². The topological polar surface area (TPSA) is 71.4 Å². The first-order valence-corrected chi connectivity index (χ1v) is 10.5. The van der Waals surface area contributed by atoms with Gasteiger partial charge in [-0.25, -0.2) is 13.2 Å². The largest absolute Gasteiger partial charge is 0.477 e. The van der Waals surface area contributed by atoms with Gasteiger partial charge >= 0.3 is 5.97 Å². The third kappa shape index (κ3) is 3.71. The van der Waals surface area contributed by atoms with E-state index in [0.717, 1.165) is 27.3 Å². The van der Waals surface area contributed by atoms with E-state index in [0.29, 0.717) is 11.1 Å². The van der Waals surface area contributed by atoms with Crippen molar-refractivity contribution in [1.82, 2.24) is 0 Å². The summed E-state index contributed by atoms with van der Waals surface area (Å²) in [5.41, 5.74) is 2.92. The second-order valence-corrected chi connectivity index (χ2v) is 9.17. The van der Waals surface area contributed by atoms with Gasteiger partial charge < -0.3 is 5.11 Å². The Kier molecular flexibility index (Phi) is 4.98. The van der Waals surface area contributed by atoms with Crippen molar-refractivity contribution in [2.24, 2.45) is 0 Å². The van der Waals surface area contributed by atoms with Crippen LogP contribution in [0.5, 0.6) is 0 Å². The van der Waals surface area contributed by atoms with Gasteiger partial charge in [0.25, 0.3) is 0 Å². The van der Waals surface area contributed by atoms with Crippen LogP contribution in [0.2, 0.25) is 0 Å². The molecular formula is C20H18O4S2.